The Morgan fingerprint density at radius 3 is 2.14 bits per heavy atom. The molecule has 0 aliphatic carbocycles. The molecule has 5 heteroatoms. The number of rotatable bonds is 10. The molecular weight excluding hydrogens is 282 g/mol. The number of carboxylic acids is 1. The highest BCUT2D eigenvalue weighted by molar-refractivity contribution is 5.69. The summed E-state index contributed by atoms with van der Waals surface area (Å²) >= 11 is 0. The maximum atomic E-state index is 10.5. The van der Waals surface area contributed by atoms with Crippen molar-refractivity contribution in [3.63, 3.8) is 0 Å². The molecule has 1 saturated heterocycles. The monoisotopic (exact) mass is 315 g/mol. The van der Waals surface area contributed by atoms with Gasteiger partial charge in [0.05, 0.1) is 6.61 Å². The van der Waals surface area contributed by atoms with Crippen LogP contribution in [0, 0.1) is 0 Å². The van der Waals surface area contributed by atoms with E-state index in [4.69, 9.17) is 15.6 Å². The highest BCUT2D eigenvalue weighted by Gasteiger charge is 2.05. The van der Waals surface area contributed by atoms with E-state index in [0.29, 0.717) is 19.4 Å². The van der Waals surface area contributed by atoms with E-state index < -0.39 is 5.97 Å². The van der Waals surface area contributed by atoms with Crippen molar-refractivity contribution in [2.75, 3.05) is 13.2 Å². The van der Waals surface area contributed by atoms with Gasteiger partial charge in [0.15, 0.2) is 0 Å². The van der Waals surface area contributed by atoms with Crippen LogP contribution in [0.2, 0.25) is 0 Å². The molecule has 1 fully saturated rings. The zero-order chi connectivity index (χ0) is 16.5. The Kier molecular flexibility index (Phi) is 15.5. The number of carboxylic acid groups (broad SMARTS) is 1. The number of hydrogen-bond acceptors (Lipinski definition) is 4. The van der Waals surface area contributed by atoms with Gasteiger partial charge in [0, 0.05) is 12.8 Å². The van der Waals surface area contributed by atoms with E-state index in [2.05, 4.69) is 0 Å². The second kappa shape index (κ2) is 16.3. The number of esters is 1. The molecule has 1 aliphatic rings. The molecule has 0 spiro atoms. The van der Waals surface area contributed by atoms with E-state index >= 15 is 0 Å². The summed E-state index contributed by atoms with van der Waals surface area (Å²) in [5.41, 5.74) is 5.38. The zero-order valence-corrected chi connectivity index (χ0v) is 13.9. The van der Waals surface area contributed by atoms with Crippen molar-refractivity contribution in [3.05, 3.63) is 0 Å². The van der Waals surface area contributed by atoms with Crippen LogP contribution in [0.15, 0.2) is 0 Å². The number of aliphatic carboxylic acids is 1. The second-order valence-corrected chi connectivity index (χ2v) is 5.79. The number of carbonyl (C=O) groups is 2. The van der Waals surface area contributed by atoms with Crippen LogP contribution in [0.5, 0.6) is 0 Å². The van der Waals surface area contributed by atoms with E-state index in [1.165, 1.54) is 32.1 Å². The Labute approximate surface area is 134 Å². The lowest BCUT2D eigenvalue weighted by molar-refractivity contribution is -0.142. The lowest BCUT2D eigenvalue weighted by atomic mass is 10.1. The van der Waals surface area contributed by atoms with Crippen molar-refractivity contribution in [1.29, 1.82) is 0 Å². The molecule has 0 bridgehead atoms. The van der Waals surface area contributed by atoms with Gasteiger partial charge in [-0.2, -0.15) is 0 Å². The number of nitrogens with two attached hydrogens (primary N) is 1. The minimum Gasteiger partial charge on any atom is -0.481 e. The summed E-state index contributed by atoms with van der Waals surface area (Å²) in [7, 11) is 0. The first-order valence-electron chi connectivity index (χ1n) is 8.74. The van der Waals surface area contributed by atoms with Crippen molar-refractivity contribution in [3.8, 4) is 0 Å². The summed E-state index contributed by atoms with van der Waals surface area (Å²) in [6.45, 7) is 1.44. The molecule has 0 aromatic carbocycles. The molecule has 22 heavy (non-hydrogen) atoms. The van der Waals surface area contributed by atoms with Gasteiger partial charge in [0.2, 0.25) is 0 Å². The topological polar surface area (TPSA) is 89.6 Å². The normalized spacial score (nSPS) is 14.5. The average Bonchev–Trinajstić information content (AvgIpc) is 2.73. The van der Waals surface area contributed by atoms with Crippen molar-refractivity contribution < 1.29 is 19.4 Å². The van der Waals surface area contributed by atoms with E-state index in [9.17, 15) is 9.59 Å². The third-order valence-corrected chi connectivity index (χ3v) is 3.63. The van der Waals surface area contributed by atoms with Crippen molar-refractivity contribution in [1.82, 2.24) is 0 Å². The molecule has 0 radical (unpaired) electrons. The Hall–Kier alpha value is -1.10. The molecule has 0 aromatic heterocycles. The van der Waals surface area contributed by atoms with Gasteiger partial charge in [0.1, 0.15) is 0 Å². The summed E-state index contributed by atoms with van der Waals surface area (Å²) in [6, 6.07) is 0. The Morgan fingerprint density at radius 2 is 1.55 bits per heavy atom. The van der Waals surface area contributed by atoms with Gasteiger partial charge in [-0.25, -0.2) is 0 Å². The third-order valence-electron chi connectivity index (χ3n) is 3.63. The maximum absolute atomic E-state index is 10.5. The smallest absolute Gasteiger partial charge is 0.305 e. The molecule has 0 saturated carbocycles. The van der Waals surface area contributed by atoms with Crippen LogP contribution >= 0.6 is 0 Å². The van der Waals surface area contributed by atoms with Crippen LogP contribution in [-0.4, -0.2) is 30.2 Å². The highest BCUT2D eigenvalue weighted by Crippen LogP contribution is 2.09. The first-order valence-corrected chi connectivity index (χ1v) is 8.74. The third kappa shape index (κ3) is 17.0. The molecule has 5 nitrogen and oxygen atoms in total. The standard InChI is InChI=1S/C11H23NO2.C6H10O2/c12-10-8-6-4-2-1-3-5-7-9-11(13)14;7-6-4-2-1-3-5-8-6/h1-10,12H2,(H,13,14);1-5H2. The number of hydrogen-bond donors (Lipinski definition) is 2. The zero-order valence-electron chi connectivity index (χ0n) is 13.9. The van der Waals surface area contributed by atoms with Gasteiger partial charge in [-0.1, -0.05) is 38.5 Å². The number of unbranched alkanes of at least 4 members (excludes halogenated alkanes) is 7. The lowest BCUT2D eigenvalue weighted by Crippen LogP contribution is -2.00. The molecule has 1 rings (SSSR count). The van der Waals surface area contributed by atoms with Crippen LogP contribution in [0.25, 0.3) is 0 Å². The predicted octanol–water partition coefficient (Wildman–Crippen LogP) is 3.64. The molecule has 0 amide bonds. The summed E-state index contributed by atoms with van der Waals surface area (Å²) in [5, 5.41) is 8.40. The SMILES string of the molecule is NCCCCCCCCCCC(=O)O.O=C1CCCCCO1. The average molecular weight is 315 g/mol. The highest BCUT2D eigenvalue weighted by atomic mass is 16.5. The molecular formula is C17H33NO4. The van der Waals surface area contributed by atoms with E-state index in [0.717, 1.165) is 45.1 Å². The number of ether oxygens (including phenoxy) is 1. The summed E-state index contributed by atoms with van der Waals surface area (Å²) in [6.07, 6.45) is 13.4. The van der Waals surface area contributed by atoms with Gasteiger partial charge in [-0.05, 0) is 38.6 Å². The second-order valence-electron chi connectivity index (χ2n) is 5.79. The molecule has 0 unspecified atom stereocenters. The number of cyclic esters (lactones) is 1. The van der Waals surface area contributed by atoms with E-state index in [1.807, 2.05) is 0 Å². The number of carbonyl (C=O) groups excluding carboxylic acids is 1. The van der Waals surface area contributed by atoms with Gasteiger partial charge >= 0.3 is 11.9 Å². The fraction of sp³-hybridized carbons (Fsp3) is 0.882. The van der Waals surface area contributed by atoms with E-state index in [-0.39, 0.29) is 5.97 Å². The molecule has 1 aliphatic heterocycles. The minimum absolute atomic E-state index is 0.0255. The predicted molar refractivity (Wildman–Crippen MR) is 87.7 cm³/mol. The summed E-state index contributed by atoms with van der Waals surface area (Å²) in [4.78, 5) is 20.7. The van der Waals surface area contributed by atoms with Gasteiger partial charge in [-0.3, -0.25) is 9.59 Å². The first kappa shape index (κ1) is 20.9. The summed E-state index contributed by atoms with van der Waals surface area (Å²) < 4.78 is 4.76. The maximum Gasteiger partial charge on any atom is 0.305 e. The molecule has 0 atom stereocenters. The van der Waals surface area contributed by atoms with Crippen molar-refractivity contribution in [2.45, 2.75) is 83.5 Å². The van der Waals surface area contributed by atoms with Crippen LogP contribution in [0.1, 0.15) is 83.5 Å². The van der Waals surface area contributed by atoms with Crippen LogP contribution in [-0.2, 0) is 14.3 Å². The Bertz CT molecular complexity index is 272. The fourth-order valence-electron chi connectivity index (χ4n) is 2.29. The lowest BCUT2D eigenvalue weighted by Gasteiger charge is -2.00. The molecule has 3 N–H and O–H groups in total. The van der Waals surface area contributed by atoms with Crippen LogP contribution in [0.3, 0.4) is 0 Å². The van der Waals surface area contributed by atoms with Gasteiger partial charge < -0.3 is 15.6 Å². The summed E-state index contributed by atoms with van der Waals surface area (Å²) in [5.74, 6) is -0.699. The van der Waals surface area contributed by atoms with Crippen molar-refractivity contribution >= 4 is 11.9 Å². The molecule has 0 aromatic rings. The quantitative estimate of drug-likeness (QED) is 0.474. The van der Waals surface area contributed by atoms with Crippen LogP contribution < -0.4 is 5.73 Å². The fourth-order valence-corrected chi connectivity index (χ4v) is 2.29. The minimum atomic E-state index is -0.673. The molecule has 130 valence electrons. The molecule has 1 heterocycles. The van der Waals surface area contributed by atoms with E-state index in [1.54, 1.807) is 0 Å². The largest absolute Gasteiger partial charge is 0.481 e. The Balaban J connectivity index is 0.000000461. The van der Waals surface area contributed by atoms with Crippen molar-refractivity contribution in [2.24, 2.45) is 5.73 Å². The van der Waals surface area contributed by atoms with Gasteiger partial charge in [0.25, 0.3) is 0 Å². The van der Waals surface area contributed by atoms with Crippen LogP contribution in [0.4, 0.5) is 0 Å². The first-order chi connectivity index (χ1) is 10.7. The Morgan fingerprint density at radius 1 is 0.955 bits per heavy atom. The van der Waals surface area contributed by atoms with Gasteiger partial charge in [-0.15, -0.1) is 0 Å².